The van der Waals surface area contributed by atoms with Crippen LogP contribution in [0.4, 0.5) is 5.69 Å². The van der Waals surface area contributed by atoms with Gasteiger partial charge < -0.3 is 14.2 Å². The van der Waals surface area contributed by atoms with Crippen LogP contribution in [0, 0.1) is 21.4 Å². The van der Waals surface area contributed by atoms with Gasteiger partial charge in [0.05, 0.1) is 37.9 Å². The van der Waals surface area contributed by atoms with Crippen molar-refractivity contribution < 1.29 is 19.1 Å². The number of allylic oxidation sites excluding steroid dienone is 1. The topological polar surface area (TPSA) is 94.6 Å². The molecule has 0 saturated heterocycles. The van der Waals surface area contributed by atoms with Gasteiger partial charge in [-0.25, -0.2) is 0 Å². The van der Waals surface area contributed by atoms with E-state index in [1.807, 2.05) is 0 Å². The Hall–Kier alpha value is -3.53. The number of nitrogens with zero attached hydrogens (tertiary/aromatic N) is 2. The van der Waals surface area contributed by atoms with Gasteiger partial charge in [0.2, 0.25) is 0 Å². The van der Waals surface area contributed by atoms with Crippen molar-refractivity contribution in [2.75, 3.05) is 21.3 Å². The van der Waals surface area contributed by atoms with E-state index >= 15 is 0 Å². The standard InChI is InChI=1S/C18H16N2O5/c1-23-16-10-18(25-3)17(24-2)9-13(16)8-14(11-19)12-4-6-15(7-5-12)20(21)22/h4-10H,1-3H3/b14-8+. The third-order valence-electron chi connectivity index (χ3n) is 3.55. The Morgan fingerprint density at radius 1 is 1.04 bits per heavy atom. The van der Waals surface area contributed by atoms with Gasteiger partial charge in [-0.1, -0.05) is 0 Å². The number of nitro groups is 1. The summed E-state index contributed by atoms with van der Waals surface area (Å²) in [7, 11) is 4.54. The molecule has 0 unspecified atom stereocenters. The lowest BCUT2D eigenvalue weighted by atomic mass is 10.0. The molecule has 2 rings (SSSR count). The summed E-state index contributed by atoms with van der Waals surface area (Å²) in [5.41, 5.74) is 1.48. The van der Waals surface area contributed by atoms with Crippen LogP contribution in [0.25, 0.3) is 11.6 Å². The van der Waals surface area contributed by atoms with E-state index in [0.717, 1.165) is 0 Å². The first-order chi connectivity index (χ1) is 12.0. The zero-order valence-electron chi connectivity index (χ0n) is 14.0. The quantitative estimate of drug-likeness (QED) is 0.344. The molecule has 0 atom stereocenters. The van der Waals surface area contributed by atoms with E-state index in [-0.39, 0.29) is 5.69 Å². The van der Waals surface area contributed by atoms with Crippen molar-refractivity contribution in [3.05, 3.63) is 57.6 Å². The number of non-ortho nitro benzene ring substituents is 1. The van der Waals surface area contributed by atoms with Gasteiger partial charge in [-0.2, -0.15) is 5.26 Å². The van der Waals surface area contributed by atoms with Crippen LogP contribution >= 0.6 is 0 Å². The van der Waals surface area contributed by atoms with Crippen LogP contribution in [0.5, 0.6) is 17.2 Å². The Labute approximate surface area is 144 Å². The fraction of sp³-hybridized carbons (Fsp3) is 0.167. The smallest absolute Gasteiger partial charge is 0.269 e. The van der Waals surface area contributed by atoms with Crippen molar-refractivity contribution in [3.63, 3.8) is 0 Å². The fourth-order valence-corrected chi connectivity index (χ4v) is 2.26. The molecule has 25 heavy (non-hydrogen) atoms. The number of benzene rings is 2. The molecular formula is C18H16N2O5. The lowest BCUT2D eigenvalue weighted by Gasteiger charge is -2.12. The van der Waals surface area contributed by atoms with E-state index in [1.54, 1.807) is 18.2 Å². The van der Waals surface area contributed by atoms with Crippen LogP contribution in [0.2, 0.25) is 0 Å². The highest BCUT2D eigenvalue weighted by atomic mass is 16.6. The highest BCUT2D eigenvalue weighted by Gasteiger charge is 2.12. The van der Waals surface area contributed by atoms with Crippen molar-refractivity contribution in [1.82, 2.24) is 0 Å². The second kappa shape index (κ2) is 7.84. The van der Waals surface area contributed by atoms with E-state index in [1.165, 1.54) is 45.6 Å². The van der Waals surface area contributed by atoms with E-state index in [0.29, 0.717) is 33.9 Å². The highest BCUT2D eigenvalue weighted by molar-refractivity contribution is 5.91. The molecule has 0 aliphatic carbocycles. The monoisotopic (exact) mass is 340 g/mol. The van der Waals surface area contributed by atoms with Crippen LogP contribution in [-0.2, 0) is 0 Å². The maximum Gasteiger partial charge on any atom is 0.269 e. The number of hydrogen-bond donors (Lipinski definition) is 0. The molecule has 128 valence electrons. The summed E-state index contributed by atoms with van der Waals surface area (Å²) in [6, 6.07) is 11.2. The predicted octanol–water partition coefficient (Wildman–Crippen LogP) is 3.68. The third-order valence-corrected chi connectivity index (χ3v) is 3.55. The van der Waals surface area contributed by atoms with Crippen molar-refractivity contribution >= 4 is 17.3 Å². The number of ether oxygens (including phenoxy) is 3. The SMILES string of the molecule is COc1cc(OC)c(OC)cc1/C=C(\C#N)c1ccc([N+](=O)[O-])cc1. The molecule has 0 aliphatic rings. The predicted molar refractivity (Wildman–Crippen MR) is 92.7 cm³/mol. The van der Waals surface area contributed by atoms with Gasteiger partial charge in [0.25, 0.3) is 5.69 Å². The lowest BCUT2D eigenvalue weighted by Crippen LogP contribution is -1.95. The molecule has 0 radical (unpaired) electrons. The molecule has 0 fully saturated rings. The zero-order chi connectivity index (χ0) is 18.4. The van der Waals surface area contributed by atoms with Crippen LogP contribution in [0.15, 0.2) is 36.4 Å². The van der Waals surface area contributed by atoms with Gasteiger partial charge in [0.15, 0.2) is 11.5 Å². The molecule has 0 N–H and O–H groups in total. The average molecular weight is 340 g/mol. The highest BCUT2D eigenvalue weighted by Crippen LogP contribution is 2.36. The second-order valence-electron chi connectivity index (χ2n) is 4.92. The van der Waals surface area contributed by atoms with Gasteiger partial charge in [-0.05, 0) is 29.8 Å². The molecule has 0 amide bonds. The normalized spacial score (nSPS) is 10.7. The summed E-state index contributed by atoms with van der Waals surface area (Å²) in [5, 5.41) is 20.2. The summed E-state index contributed by atoms with van der Waals surface area (Å²) >= 11 is 0. The maximum atomic E-state index is 10.7. The second-order valence-corrected chi connectivity index (χ2v) is 4.92. The van der Waals surface area contributed by atoms with E-state index in [4.69, 9.17) is 14.2 Å². The Bertz CT molecular complexity index is 851. The summed E-state index contributed by atoms with van der Waals surface area (Å²) < 4.78 is 15.8. The Kier molecular flexibility index (Phi) is 5.58. The summed E-state index contributed by atoms with van der Waals surface area (Å²) in [6.45, 7) is 0. The molecule has 7 nitrogen and oxygen atoms in total. The van der Waals surface area contributed by atoms with Crippen molar-refractivity contribution in [2.45, 2.75) is 0 Å². The van der Waals surface area contributed by atoms with Crippen molar-refractivity contribution in [1.29, 1.82) is 5.26 Å². The van der Waals surface area contributed by atoms with Crippen LogP contribution in [-0.4, -0.2) is 26.3 Å². The zero-order valence-corrected chi connectivity index (χ0v) is 14.0. The number of rotatable bonds is 6. The van der Waals surface area contributed by atoms with Gasteiger partial charge in [0, 0.05) is 23.8 Å². The maximum absolute atomic E-state index is 10.7. The Morgan fingerprint density at radius 3 is 2.08 bits per heavy atom. The van der Waals surface area contributed by atoms with E-state index in [9.17, 15) is 15.4 Å². The molecule has 0 spiro atoms. The molecule has 0 aromatic heterocycles. The van der Waals surface area contributed by atoms with Crippen LogP contribution in [0.1, 0.15) is 11.1 Å². The van der Waals surface area contributed by atoms with E-state index < -0.39 is 4.92 Å². The molecule has 0 saturated carbocycles. The molecule has 2 aromatic carbocycles. The largest absolute Gasteiger partial charge is 0.496 e. The minimum absolute atomic E-state index is 0.0373. The summed E-state index contributed by atoms with van der Waals surface area (Å²) in [5.74, 6) is 1.51. The number of nitro benzene ring substituents is 1. The lowest BCUT2D eigenvalue weighted by molar-refractivity contribution is -0.384. The minimum atomic E-state index is -0.489. The summed E-state index contributed by atoms with van der Waals surface area (Å²) in [4.78, 5) is 10.3. The average Bonchev–Trinajstić information content (AvgIpc) is 2.65. The van der Waals surface area contributed by atoms with Crippen molar-refractivity contribution in [3.8, 4) is 23.3 Å². The van der Waals surface area contributed by atoms with Crippen LogP contribution in [0.3, 0.4) is 0 Å². The first-order valence-corrected chi connectivity index (χ1v) is 7.20. The number of methoxy groups -OCH3 is 3. The molecule has 0 aliphatic heterocycles. The fourth-order valence-electron chi connectivity index (χ4n) is 2.26. The first-order valence-electron chi connectivity index (χ1n) is 7.20. The molecule has 2 aromatic rings. The molecule has 0 bridgehead atoms. The molecule has 7 heteroatoms. The third kappa shape index (κ3) is 3.87. The number of nitriles is 1. The van der Waals surface area contributed by atoms with Crippen LogP contribution < -0.4 is 14.2 Å². The molecule has 0 heterocycles. The summed E-state index contributed by atoms with van der Waals surface area (Å²) in [6.07, 6.45) is 1.63. The van der Waals surface area contributed by atoms with E-state index in [2.05, 4.69) is 6.07 Å². The Balaban J connectivity index is 2.52. The van der Waals surface area contributed by atoms with Gasteiger partial charge >= 0.3 is 0 Å². The van der Waals surface area contributed by atoms with Gasteiger partial charge in [0.1, 0.15) is 5.75 Å². The minimum Gasteiger partial charge on any atom is -0.496 e. The molecular weight excluding hydrogens is 324 g/mol. The first kappa shape index (κ1) is 17.8. The van der Waals surface area contributed by atoms with Gasteiger partial charge in [-0.15, -0.1) is 0 Å². The Morgan fingerprint density at radius 2 is 1.60 bits per heavy atom. The number of hydrogen-bond acceptors (Lipinski definition) is 6. The van der Waals surface area contributed by atoms with Gasteiger partial charge in [-0.3, -0.25) is 10.1 Å². The van der Waals surface area contributed by atoms with Crippen molar-refractivity contribution in [2.24, 2.45) is 0 Å².